The zero-order valence-corrected chi connectivity index (χ0v) is 14.6. The fourth-order valence-corrected chi connectivity index (χ4v) is 3.46. The fraction of sp³-hybridized carbons (Fsp3) is 0.286. The molecule has 1 aliphatic rings. The van der Waals surface area contributed by atoms with Crippen LogP contribution in [0.3, 0.4) is 0 Å². The van der Waals surface area contributed by atoms with E-state index in [1.165, 1.54) is 10.5 Å². The zero-order valence-electron chi connectivity index (χ0n) is 14.6. The molecule has 0 radical (unpaired) electrons. The van der Waals surface area contributed by atoms with E-state index in [0.29, 0.717) is 17.9 Å². The Morgan fingerprint density at radius 1 is 1.04 bits per heavy atom. The van der Waals surface area contributed by atoms with Crippen molar-refractivity contribution in [3.05, 3.63) is 75.1 Å². The molecule has 1 aromatic heterocycles. The second-order valence-electron chi connectivity index (χ2n) is 6.76. The lowest BCUT2D eigenvalue weighted by atomic mass is 10.0. The van der Waals surface area contributed by atoms with Crippen molar-refractivity contribution in [3.63, 3.8) is 0 Å². The highest BCUT2D eigenvalue weighted by molar-refractivity contribution is 5.85. The second-order valence-corrected chi connectivity index (χ2v) is 6.76. The monoisotopic (exact) mass is 336 g/mol. The minimum Gasteiger partial charge on any atom is -0.445 e. The van der Waals surface area contributed by atoms with Gasteiger partial charge < -0.3 is 9.15 Å². The number of hydrogen-bond donors (Lipinski definition) is 1. The maximum absolute atomic E-state index is 12.1. The van der Waals surface area contributed by atoms with E-state index in [4.69, 9.17) is 9.15 Å². The molecule has 4 heteroatoms. The number of benzene rings is 2. The van der Waals surface area contributed by atoms with Gasteiger partial charge in [0.05, 0.1) is 12.1 Å². The maximum Gasteiger partial charge on any atom is 0.339 e. The van der Waals surface area contributed by atoms with Crippen LogP contribution in [-0.4, -0.2) is 13.3 Å². The Balaban J connectivity index is 1.64. The van der Waals surface area contributed by atoms with Gasteiger partial charge in [0, 0.05) is 17.4 Å². The summed E-state index contributed by atoms with van der Waals surface area (Å²) in [5, 5.41) is 1.00. The van der Waals surface area contributed by atoms with Crippen LogP contribution < -0.4 is 15.3 Å². The highest BCUT2D eigenvalue weighted by Crippen LogP contribution is 2.30. The van der Waals surface area contributed by atoms with Crippen LogP contribution in [0.1, 0.15) is 22.3 Å². The number of aryl methyl sites for hydroxylation is 1. The summed E-state index contributed by atoms with van der Waals surface area (Å²) in [5.74, 6) is 0.836. The lowest BCUT2D eigenvalue weighted by Crippen LogP contribution is -3.12. The molecule has 3 aromatic rings. The van der Waals surface area contributed by atoms with Gasteiger partial charge >= 0.3 is 5.63 Å². The third-order valence-corrected chi connectivity index (χ3v) is 5.15. The van der Waals surface area contributed by atoms with Crippen LogP contribution in [-0.2, 0) is 13.0 Å². The molecule has 2 aromatic carbocycles. The molecule has 0 spiro atoms. The smallest absolute Gasteiger partial charge is 0.339 e. The Bertz CT molecular complexity index is 976. The Hall–Kier alpha value is -2.59. The minimum absolute atomic E-state index is 0.255. The van der Waals surface area contributed by atoms with Crippen molar-refractivity contribution < 1.29 is 14.1 Å². The molecule has 1 atom stereocenters. The molecule has 0 bridgehead atoms. The first-order valence-corrected chi connectivity index (χ1v) is 8.69. The van der Waals surface area contributed by atoms with Gasteiger partial charge in [0.1, 0.15) is 12.3 Å². The van der Waals surface area contributed by atoms with Crippen molar-refractivity contribution in [2.45, 2.75) is 26.8 Å². The number of nitrogens with one attached hydrogen (secondary N) is 1. The molecule has 25 heavy (non-hydrogen) atoms. The number of fused-ring (bicyclic) bond motifs is 3. The van der Waals surface area contributed by atoms with E-state index in [1.54, 1.807) is 0 Å². The maximum atomic E-state index is 12.1. The summed E-state index contributed by atoms with van der Waals surface area (Å²) < 4.78 is 11.6. The van der Waals surface area contributed by atoms with Crippen LogP contribution in [0.15, 0.2) is 51.7 Å². The van der Waals surface area contributed by atoms with E-state index in [2.05, 4.69) is 24.3 Å². The Kier molecular flexibility index (Phi) is 4.06. The average molecular weight is 336 g/mol. The van der Waals surface area contributed by atoms with Gasteiger partial charge in [-0.15, -0.1) is 0 Å². The third kappa shape index (κ3) is 2.94. The van der Waals surface area contributed by atoms with Gasteiger partial charge in [-0.1, -0.05) is 30.3 Å². The molecule has 0 amide bonds. The lowest BCUT2D eigenvalue weighted by Gasteiger charge is -2.26. The van der Waals surface area contributed by atoms with Crippen LogP contribution in [0.2, 0.25) is 0 Å². The van der Waals surface area contributed by atoms with Crippen molar-refractivity contribution in [1.82, 2.24) is 0 Å². The van der Waals surface area contributed by atoms with Gasteiger partial charge in [-0.25, -0.2) is 4.79 Å². The molecule has 0 fully saturated rings. The molecule has 0 saturated heterocycles. The number of ether oxygens (including phenoxy) is 1. The lowest BCUT2D eigenvalue weighted by molar-refractivity contribution is -0.932. The Labute approximate surface area is 146 Å². The van der Waals surface area contributed by atoms with Crippen molar-refractivity contribution in [2.24, 2.45) is 0 Å². The van der Waals surface area contributed by atoms with Gasteiger partial charge in [-0.05, 0) is 37.1 Å². The molecule has 4 nitrogen and oxygen atoms in total. The minimum atomic E-state index is -0.255. The summed E-state index contributed by atoms with van der Waals surface area (Å²) in [6.07, 6.45) is 1.00. The quantitative estimate of drug-likeness (QED) is 0.747. The number of hydrogen-bond acceptors (Lipinski definition) is 3. The standard InChI is InChI=1S/C21H21NO3/c1-14-15(2)21(23)25-20-17(14)8-9-19-18(20)12-22(13-24-19)11-10-16-6-4-3-5-7-16/h3-9H,10-13H2,1-2H3/p+1. The summed E-state index contributed by atoms with van der Waals surface area (Å²) in [7, 11) is 0. The largest absolute Gasteiger partial charge is 0.445 e. The molecule has 0 saturated carbocycles. The van der Waals surface area contributed by atoms with E-state index in [9.17, 15) is 4.79 Å². The van der Waals surface area contributed by atoms with Crippen LogP contribution in [0.4, 0.5) is 0 Å². The van der Waals surface area contributed by atoms with E-state index in [-0.39, 0.29) is 5.63 Å². The van der Waals surface area contributed by atoms with E-state index in [0.717, 1.165) is 41.8 Å². The van der Waals surface area contributed by atoms with Crippen molar-refractivity contribution in [1.29, 1.82) is 0 Å². The SMILES string of the molecule is Cc1c(C)c2ccc3c(c2oc1=O)C[NH+](CCc1ccccc1)CO3. The number of rotatable bonds is 3. The predicted octanol–water partition coefficient (Wildman–Crippen LogP) is 2.39. The first-order valence-electron chi connectivity index (χ1n) is 8.69. The van der Waals surface area contributed by atoms with Crippen LogP contribution in [0.5, 0.6) is 5.75 Å². The van der Waals surface area contributed by atoms with Crippen molar-refractivity contribution in [3.8, 4) is 5.75 Å². The molecule has 1 unspecified atom stereocenters. The highest BCUT2D eigenvalue weighted by atomic mass is 16.5. The molecular weight excluding hydrogens is 314 g/mol. The summed E-state index contributed by atoms with van der Waals surface area (Å²) in [5.41, 5.74) is 4.43. The van der Waals surface area contributed by atoms with Gasteiger partial charge in [0.25, 0.3) is 0 Å². The zero-order chi connectivity index (χ0) is 17.4. The first-order chi connectivity index (χ1) is 12.1. The molecule has 128 valence electrons. The van der Waals surface area contributed by atoms with Crippen LogP contribution >= 0.6 is 0 Å². The average Bonchev–Trinajstić information content (AvgIpc) is 2.65. The Morgan fingerprint density at radius 3 is 2.64 bits per heavy atom. The first kappa shape index (κ1) is 15.9. The Morgan fingerprint density at radius 2 is 1.84 bits per heavy atom. The van der Waals surface area contributed by atoms with Crippen LogP contribution in [0, 0.1) is 13.8 Å². The van der Waals surface area contributed by atoms with Gasteiger partial charge in [-0.3, -0.25) is 4.90 Å². The molecule has 1 N–H and O–H groups in total. The summed E-state index contributed by atoms with van der Waals surface area (Å²) in [4.78, 5) is 13.5. The highest BCUT2D eigenvalue weighted by Gasteiger charge is 2.25. The molecule has 1 aliphatic heterocycles. The van der Waals surface area contributed by atoms with E-state index >= 15 is 0 Å². The summed E-state index contributed by atoms with van der Waals surface area (Å²) in [6, 6.07) is 14.5. The van der Waals surface area contributed by atoms with Gasteiger partial charge in [0.2, 0.25) is 6.73 Å². The number of quaternary nitrogens is 1. The topological polar surface area (TPSA) is 43.9 Å². The van der Waals surface area contributed by atoms with E-state index in [1.807, 2.05) is 32.0 Å². The molecule has 2 heterocycles. The summed E-state index contributed by atoms with van der Waals surface area (Å²) in [6.45, 7) is 6.22. The second kappa shape index (κ2) is 6.37. The summed E-state index contributed by atoms with van der Waals surface area (Å²) >= 11 is 0. The normalized spacial score (nSPS) is 16.5. The van der Waals surface area contributed by atoms with E-state index < -0.39 is 0 Å². The molecule has 4 rings (SSSR count). The van der Waals surface area contributed by atoms with Crippen LogP contribution in [0.25, 0.3) is 11.0 Å². The van der Waals surface area contributed by atoms with Gasteiger partial charge in [0.15, 0.2) is 5.58 Å². The van der Waals surface area contributed by atoms with Gasteiger partial charge in [-0.2, -0.15) is 0 Å². The fourth-order valence-electron chi connectivity index (χ4n) is 3.46. The predicted molar refractivity (Wildman–Crippen MR) is 97.1 cm³/mol. The van der Waals surface area contributed by atoms with Crippen molar-refractivity contribution in [2.75, 3.05) is 13.3 Å². The molecule has 0 aliphatic carbocycles. The molecular formula is C21H22NO3+. The van der Waals surface area contributed by atoms with Crippen molar-refractivity contribution >= 4 is 11.0 Å². The third-order valence-electron chi connectivity index (χ3n) is 5.15.